The van der Waals surface area contributed by atoms with Gasteiger partial charge < -0.3 is 15.5 Å². The van der Waals surface area contributed by atoms with Crippen molar-refractivity contribution >= 4 is 17.9 Å². The average molecular weight is 287 g/mol. The van der Waals surface area contributed by atoms with Crippen molar-refractivity contribution in [1.29, 1.82) is 0 Å². The van der Waals surface area contributed by atoms with E-state index in [9.17, 15) is 9.59 Å². The van der Waals surface area contributed by atoms with E-state index in [4.69, 9.17) is 0 Å². The predicted molar refractivity (Wildman–Crippen MR) is 82.3 cm³/mol. The van der Waals surface area contributed by atoms with Crippen LogP contribution >= 0.6 is 0 Å². The molecule has 0 bridgehead atoms. The van der Waals surface area contributed by atoms with Gasteiger partial charge in [-0.15, -0.1) is 0 Å². The highest BCUT2D eigenvalue weighted by Crippen LogP contribution is 2.32. The number of hydrogen-bond acceptors (Lipinski definition) is 3. The molecule has 1 aliphatic rings. The number of nitrogens with zero attached hydrogens (tertiary/aromatic N) is 1. The van der Waals surface area contributed by atoms with Gasteiger partial charge in [-0.05, 0) is 24.3 Å². The van der Waals surface area contributed by atoms with E-state index < -0.39 is 0 Å². The van der Waals surface area contributed by atoms with Crippen LogP contribution in [0.5, 0.6) is 0 Å². The lowest BCUT2D eigenvalue weighted by atomic mass is 9.93. The molecule has 0 aliphatic carbocycles. The highest BCUT2D eigenvalue weighted by molar-refractivity contribution is 5.81. The molecule has 1 aliphatic heterocycles. The molecule has 0 radical (unpaired) electrons. The first-order valence-corrected chi connectivity index (χ1v) is 7.11. The summed E-state index contributed by atoms with van der Waals surface area (Å²) in [6, 6.07) is 7.62. The van der Waals surface area contributed by atoms with E-state index in [1.165, 1.54) is 6.92 Å². The fourth-order valence-corrected chi connectivity index (χ4v) is 2.49. The van der Waals surface area contributed by atoms with E-state index >= 15 is 0 Å². The van der Waals surface area contributed by atoms with Gasteiger partial charge >= 0.3 is 0 Å². The minimum atomic E-state index is -0.238. The monoisotopic (exact) mass is 287 g/mol. The molecule has 1 aromatic carbocycles. The highest BCUT2D eigenvalue weighted by Gasteiger charge is 2.27. The number of amides is 2. The number of rotatable bonds is 5. The van der Waals surface area contributed by atoms with Gasteiger partial charge in [-0.2, -0.15) is 0 Å². The van der Waals surface area contributed by atoms with Gasteiger partial charge in [-0.1, -0.05) is 24.3 Å². The van der Waals surface area contributed by atoms with Gasteiger partial charge in [0.25, 0.3) is 0 Å². The Morgan fingerprint density at radius 2 is 2.00 bits per heavy atom. The summed E-state index contributed by atoms with van der Waals surface area (Å²) in [7, 11) is 1.84. The first-order valence-electron chi connectivity index (χ1n) is 7.11. The van der Waals surface area contributed by atoms with Gasteiger partial charge in [0.15, 0.2) is 0 Å². The Hall–Kier alpha value is -2.14. The molecular weight excluding hydrogens is 266 g/mol. The third-order valence-corrected chi connectivity index (χ3v) is 3.55. The Morgan fingerprint density at radius 1 is 1.24 bits per heavy atom. The maximum atomic E-state index is 12.1. The third-order valence-electron chi connectivity index (χ3n) is 3.55. The van der Waals surface area contributed by atoms with E-state index in [-0.39, 0.29) is 24.3 Å². The average Bonchev–Trinajstić information content (AvgIpc) is 2.47. The van der Waals surface area contributed by atoms with Crippen LogP contribution in [0.2, 0.25) is 0 Å². The van der Waals surface area contributed by atoms with Crippen LogP contribution in [0.4, 0.5) is 0 Å². The summed E-state index contributed by atoms with van der Waals surface area (Å²) >= 11 is 0. The number of likely N-dealkylation sites (N-methyl/N-ethyl adjacent to an activating group) is 1. The van der Waals surface area contributed by atoms with Crippen LogP contribution in [0.1, 0.15) is 30.5 Å². The smallest absolute Gasteiger partial charge is 0.223 e. The van der Waals surface area contributed by atoms with Gasteiger partial charge in [-0.3, -0.25) is 9.59 Å². The highest BCUT2D eigenvalue weighted by atomic mass is 16.2. The predicted octanol–water partition coefficient (Wildman–Crippen LogP) is 1.29. The summed E-state index contributed by atoms with van der Waals surface area (Å²) in [5.74, 6) is -0.111. The topological polar surface area (TPSA) is 61.4 Å². The first-order chi connectivity index (χ1) is 10.1. The molecule has 21 heavy (non-hydrogen) atoms. The van der Waals surface area contributed by atoms with Crippen molar-refractivity contribution < 1.29 is 9.59 Å². The van der Waals surface area contributed by atoms with Crippen LogP contribution in [-0.2, 0) is 9.59 Å². The molecule has 0 fully saturated rings. The second-order valence-electron chi connectivity index (χ2n) is 5.04. The lowest BCUT2D eigenvalue weighted by molar-refractivity contribution is -0.129. The number of carbonyl (C=O) groups is 2. The van der Waals surface area contributed by atoms with E-state index in [0.29, 0.717) is 6.54 Å². The maximum Gasteiger partial charge on any atom is 0.223 e. The summed E-state index contributed by atoms with van der Waals surface area (Å²) in [5.41, 5.74) is 2.07. The van der Waals surface area contributed by atoms with Gasteiger partial charge in [0.05, 0.1) is 12.5 Å². The van der Waals surface area contributed by atoms with Crippen LogP contribution in [0.3, 0.4) is 0 Å². The molecule has 1 atom stereocenters. The summed E-state index contributed by atoms with van der Waals surface area (Å²) in [6.07, 6.45) is 3.94. The summed E-state index contributed by atoms with van der Waals surface area (Å²) in [6.45, 7) is 2.83. The molecule has 1 aromatic rings. The zero-order valence-electron chi connectivity index (χ0n) is 12.4. The van der Waals surface area contributed by atoms with Crippen molar-refractivity contribution in [3.8, 4) is 0 Å². The van der Waals surface area contributed by atoms with Gasteiger partial charge in [-0.25, -0.2) is 0 Å². The molecule has 0 saturated carbocycles. The maximum absolute atomic E-state index is 12.1. The molecule has 2 rings (SSSR count). The van der Waals surface area contributed by atoms with Crippen molar-refractivity contribution in [2.45, 2.75) is 19.4 Å². The summed E-state index contributed by atoms with van der Waals surface area (Å²) < 4.78 is 0. The Balaban J connectivity index is 2.15. The Bertz CT molecular complexity index is 554. The standard InChI is InChI=1S/C16H21N3O2/c1-12(20)19-10-7-13-5-3-4-6-14(13)15(19)11-16(21)18-9-8-17-2/h3-7,10,15,17H,8-9,11H2,1-2H3,(H,18,21). The number of benzene rings is 1. The molecule has 112 valence electrons. The van der Waals surface area contributed by atoms with Gasteiger partial charge in [0.1, 0.15) is 0 Å². The number of carbonyl (C=O) groups excluding carboxylic acids is 2. The second-order valence-corrected chi connectivity index (χ2v) is 5.04. The van der Waals surface area contributed by atoms with Crippen LogP contribution in [0, 0.1) is 0 Å². The SMILES string of the molecule is CNCCNC(=O)CC1c2ccccc2C=CN1C(C)=O. The molecule has 5 nitrogen and oxygen atoms in total. The fraction of sp³-hybridized carbons (Fsp3) is 0.375. The zero-order valence-corrected chi connectivity index (χ0v) is 12.4. The van der Waals surface area contributed by atoms with Crippen molar-refractivity contribution in [3.63, 3.8) is 0 Å². The molecule has 0 spiro atoms. The van der Waals surface area contributed by atoms with Gasteiger partial charge in [0, 0.05) is 26.2 Å². The Labute approximate surface area is 125 Å². The summed E-state index contributed by atoms with van der Waals surface area (Å²) in [5, 5.41) is 5.84. The van der Waals surface area contributed by atoms with Crippen molar-refractivity contribution in [3.05, 3.63) is 41.6 Å². The van der Waals surface area contributed by atoms with E-state index in [0.717, 1.165) is 17.7 Å². The van der Waals surface area contributed by atoms with E-state index in [1.54, 1.807) is 11.1 Å². The lowest BCUT2D eigenvalue weighted by Gasteiger charge is -2.32. The molecule has 1 unspecified atom stereocenters. The number of hydrogen-bond donors (Lipinski definition) is 2. The van der Waals surface area contributed by atoms with Crippen molar-refractivity contribution in [2.24, 2.45) is 0 Å². The zero-order chi connectivity index (χ0) is 15.2. The van der Waals surface area contributed by atoms with Gasteiger partial charge in [0.2, 0.25) is 11.8 Å². The number of fused-ring (bicyclic) bond motifs is 1. The molecule has 2 amide bonds. The fourth-order valence-electron chi connectivity index (χ4n) is 2.49. The number of nitrogens with one attached hydrogen (secondary N) is 2. The minimum Gasteiger partial charge on any atom is -0.355 e. The third kappa shape index (κ3) is 3.70. The Morgan fingerprint density at radius 3 is 2.71 bits per heavy atom. The molecule has 1 heterocycles. The van der Waals surface area contributed by atoms with Crippen LogP contribution in [0.25, 0.3) is 6.08 Å². The molecule has 0 aromatic heterocycles. The van der Waals surface area contributed by atoms with E-state index in [2.05, 4.69) is 10.6 Å². The van der Waals surface area contributed by atoms with Crippen LogP contribution < -0.4 is 10.6 Å². The van der Waals surface area contributed by atoms with Crippen LogP contribution in [-0.4, -0.2) is 36.9 Å². The largest absolute Gasteiger partial charge is 0.355 e. The quantitative estimate of drug-likeness (QED) is 0.802. The second kappa shape index (κ2) is 7.04. The Kier molecular flexibility index (Phi) is 5.11. The molecule has 0 saturated heterocycles. The first kappa shape index (κ1) is 15.3. The van der Waals surface area contributed by atoms with Crippen molar-refractivity contribution in [1.82, 2.24) is 15.5 Å². The lowest BCUT2D eigenvalue weighted by Crippen LogP contribution is -2.36. The van der Waals surface area contributed by atoms with E-state index in [1.807, 2.05) is 37.4 Å². The van der Waals surface area contributed by atoms with Crippen molar-refractivity contribution in [2.75, 3.05) is 20.1 Å². The molecule has 2 N–H and O–H groups in total. The normalized spacial score (nSPS) is 16.5. The molecule has 5 heteroatoms. The minimum absolute atomic E-state index is 0.0494. The summed E-state index contributed by atoms with van der Waals surface area (Å²) in [4.78, 5) is 25.5. The van der Waals surface area contributed by atoms with Crippen LogP contribution in [0.15, 0.2) is 30.5 Å². The molecular formula is C16H21N3O2.